The Morgan fingerprint density at radius 3 is 2.20 bits per heavy atom. The van der Waals surface area contributed by atoms with Crippen LogP contribution in [0.4, 0.5) is 0 Å². The Morgan fingerprint density at radius 1 is 1.40 bits per heavy atom. The van der Waals surface area contributed by atoms with Gasteiger partial charge in [-0.15, -0.1) is 4.91 Å². The molecule has 0 saturated heterocycles. The normalized spacial score (nSPS) is 23.4. The van der Waals surface area contributed by atoms with Crippen LogP contribution in [-0.2, 0) is 22.5 Å². The van der Waals surface area contributed by atoms with Crippen LogP contribution in [0.5, 0.6) is 0 Å². The Hall–Kier alpha value is 0.235. The molecule has 12 heteroatoms. The third kappa shape index (κ3) is 6.41. The fourth-order valence-electron chi connectivity index (χ4n) is 0.744. The number of hydrogen-bond donors (Lipinski definition) is 1. The molecule has 0 aromatic heterocycles. The summed E-state index contributed by atoms with van der Waals surface area (Å²) in [5, 5.41) is 0. The molecule has 0 bridgehead atoms. The van der Waals surface area contributed by atoms with Crippen LogP contribution in [0.25, 0.3) is 0 Å². The highest BCUT2D eigenvalue weighted by molar-refractivity contribution is 7.93. The predicted octanol–water partition coefficient (Wildman–Crippen LogP) is 1.21. The summed E-state index contributed by atoms with van der Waals surface area (Å²) in [5.41, 5.74) is 0. The van der Waals surface area contributed by atoms with Crippen LogP contribution in [0.3, 0.4) is 0 Å². The Kier molecular flexibility index (Phi) is 5.12. The second-order valence-corrected chi connectivity index (χ2v) is 10.2. The SMILES string of the molecule is BP(=O)(CP(=O)(O)OC)OP(C)(=O)N=O. The lowest BCUT2D eigenvalue weighted by Gasteiger charge is -2.17. The molecule has 0 aliphatic carbocycles. The fourth-order valence-corrected chi connectivity index (χ4v) is 7.16. The van der Waals surface area contributed by atoms with Gasteiger partial charge < -0.3 is 14.0 Å². The van der Waals surface area contributed by atoms with E-state index >= 15 is 0 Å². The number of nitrogens with zero attached hydrogens (tertiary/aromatic N) is 1. The van der Waals surface area contributed by atoms with E-state index in [0.717, 1.165) is 21.3 Å². The van der Waals surface area contributed by atoms with Crippen LogP contribution in [0, 0.1) is 4.91 Å². The summed E-state index contributed by atoms with van der Waals surface area (Å²) >= 11 is 0. The van der Waals surface area contributed by atoms with E-state index in [1.165, 1.54) is 0 Å². The van der Waals surface area contributed by atoms with Crippen molar-refractivity contribution in [2.24, 2.45) is 4.95 Å². The molecule has 0 saturated carbocycles. The Morgan fingerprint density at radius 2 is 1.87 bits per heavy atom. The monoisotopic (exact) mass is 277 g/mol. The third-order valence-corrected chi connectivity index (χ3v) is 8.14. The Bertz CT molecular complexity index is 382. The minimum atomic E-state index is -4.04. The molecule has 0 radical (unpaired) electrons. The second kappa shape index (κ2) is 5.04. The standard InChI is InChI=1S/C3H11BNO7P3/c1-11-15(9,10)3-14(4,8)12-13(2,7)5-6/h3-4H2,1-2H3,(H,9,10). The van der Waals surface area contributed by atoms with Gasteiger partial charge in [-0.3, -0.25) is 13.4 Å². The minimum Gasteiger partial charge on any atom is -0.324 e. The van der Waals surface area contributed by atoms with Crippen LogP contribution < -0.4 is 0 Å². The zero-order valence-corrected chi connectivity index (χ0v) is 11.1. The summed E-state index contributed by atoms with van der Waals surface area (Å²) < 4.78 is 42.3. The van der Waals surface area contributed by atoms with Gasteiger partial charge in [0.1, 0.15) is 5.90 Å². The van der Waals surface area contributed by atoms with Gasteiger partial charge in [0, 0.05) is 18.7 Å². The van der Waals surface area contributed by atoms with Crippen LogP contribution in [0.15, 0.2) is 4.95 Å². The summed E-state index contributed by atoms with van der Waals surface area (Å²) in [6, 6.07) is 0. The average Bonchev–Trinajstić information content (AvgIpc) is 2.00. The van der Waals surface area contributed by atoms with Crippen molar-refractivity contribution in [3.63, 3.8) is 0 Å². The van der Waals surface area contributed by atoms with Gasteiger partial charge in [-0.1, -0.05) is 0 Å². The van der Waals surface area contributed by atoms with Crippen molar-refractivity contribution in [1.29, 1.82) is 0 Å². The van der Waals surface area contributed by atoms with Crippen molar-refractivity contribution in [2.45, 2.75) is 0 Å². The Labute approximate surface area is 87.6 Å². The van der Waals surface area contributed by atoms with Crippen LogP contribution in [0.2, 0.25) is 0 Å². The van der Waals surface area contributed by atoms with Crippen molar-refractivity contribution < 1.29 is 27.4 Å². The topological polar surface area (TPSA) is 119 Å². The van der Waals surface area contributed by atoms with Crippen LogP contribution in [-0.4, -0.2) is 32.1 Å². The highest BCUT2D eigenvalue weighted by Crippen LogP contribution is 2.65. The van der Waals surface area contributed by atoms with Crippen molar-refractivity contribution in [3.8, 4) is 0 Å². The van der Waals surface area contributed by atoms with E-state index in [1.807, 2.05) is 0 Å². The van der Waals surface area contributed by atoms with Gasteiger partial charge >= 0.3 is 15.1 Å². The molecule has 88 valence electrons. The molecular formula is C3H11BNO7P3. The molecule has 0 rings (SSSR count). The molecule has 0 aromatic carbocycles. The first kappa shape index (κ1) is 15.2. The van der Waals surface area contributed by atoms with E-state index in [4.69, 9.17) is 4.89 Å². The molecule has 15 heavy (non-hydrogen) atoms. The van der Waals surface area contributed by atoms with Crippen molar-refractivity contribution in [2.75, 3.05) is 19.7 Å². The molecule has 0 spiro atoms. The van der Waals surface area contributed by atoms with Gasteiger partial charge in [-0.2, -0.15) is 0 Å². The second-order valence-electron chi connectivity index (χ2n) is 2.94. The Balaban J connectivity index is 4.73. The van der Waals surface area contributed by atoms with Gasteiger partial charge in [0.25, 0.3) is 0 Å². The van der Waals surface area contributed by atoms with Gasteiger partial charge in [-0.25, -0.2) is 0 Å². The first-order valence-corrected chi connectivity index (χ1v) is 9.66. The van der Waals surface area contributed by atoms with Gasteiger partial charge in [0.15, 0.2) is 7.25 Å². The molecule has 8 nitrogen and oxygen atoms in total. The largest absolute Gasteiger partial charge is 0.354 e. The maximum atomic E-state index is 11.6. The third-order valence-electron chi connectivity index (χ3n) is 1.19. The predicted molar refractivity (Wildman–Crippen MR) is 58.3 cm³/mol. The van der Waals surface area contributed by atoms with Crippen molar-refractivity contribution in [3.05, 3.63) is 4.91 Å². The maximum absolute atomic E-state index is 11.6. The highest BCUT2D eigenvalue weighted by Gasteiger charge is 2.35. The van der Waals surface area contributed by atoms with Crippen LogP contribution in [0.1, 0.15) is 0 Å². The van der Waals surface area contributed by atoms with Crippen LogP contribution >= 0.6 is 22.4 Å². The molecule has 0 aliphatic rings. The molecule has 1 N–H and O–H groups in total. The van der Waals surface area contributed by atoms with E-state index in [-0.39, 0.29) is 0 Å². The van der Waals surface area contributed by atoms with Crippen molar-refractivity contribution >= 4 is 29.9 Å². The molecule has 0 amide bonds. The first-order valence-electron chi connectivity index (χ1n) is 3.61. The number of nitroso groups, excluding NO2 is 1. The first-order chi connectivity index (χ1) is 6.54. The number of hydrogen-bond acceptors (Lipinski definition) is 6. The van der Waals surface area contributed by atoms with Crippen molar-refractivity contribution in [1.82, 2.24) is 0 Å². The van der Waals surface area contributed by atoms with E-state index in [0.29, 0.717) is 0 Å². The highest BCUT2D eigenvalue weighted by atomic mass is 31.3. The lowest BCUT2D eigenvalue weighted by Crippen LogP contribution is -1.96. The van der Waals surface area contributed by atoms with Gasteiger partial charge in [0.2, 0.25) is 7.57 Å². The van der Waals surface area contributed by atoms with Gasteiger partial charge in [-0.05, 0) is 0 Å². The summed E-state index contributed by atoms with van der Waals surface area (Å²) in [6.45, 7) is 0.866. The molecule has 3 atom stereocenters. The molecule has 0 aromatic rings. The lowest BCUT2D eigenvalue weighted by molar-refractivity contribution is 0.319. The maximum Gasteiger partial charge on any atom is 0.354 e. The van der Waals surface area contributed by atoms with Gasteiger partial charge in [0.05, 0.1) is 0 Å². The summed E-state index contributed by atoms with van der Waals surface area (Å²) in [7, 11) is -9.64. The average molecular weight is 277 g/mol. The van der Waals surface area contributed by atoms with E-state index < -0.39 is 28.3 Å². The van der Waals surface area contributed by atoms with E-state index in [2.05, 4.69) is 13.8 Å². The molecule has 0 heterocycles. The quantitative estimate of drug-likeness (QED) is 0.440. The summed E-state index contributed by atoms with van der Waals surface area (Å²) in [5.74, 6) is -0.816. The molecule has 3 unspecified atom stereocenters. The summed E-state index contributed by atoms with van der Waals surface area (Å²) in [4.78, 5) is 21.2. The molecule has 0 aliphatic heterocycles. The zero-order chi connectivity index (χ0) is 12.3. The number of rotatable bonds is 6. The lowest BCUT2D eigenvalue weighted by atomic mass is 10.8. The zero-order valence-electron chi connectivity index (χ0n) is 8.39. The smallest absolute Gasteiger partial charge is 0.324 e. The van der Waals surface area contributed by atoms with E-state index in [9.17, 15) is 18.6 Å². The molecule has 0 fully saturated rings. The summed E-state index contributed by atoms with van der Waals surface area (Å²) in [6.07, 6.45) is 0. The fraction of sp³-hybridized carbons (Fsp3) is 1.00. The van der Waals surface area contributed by atoms with E-state index in [1.54, 1.807) is 0 Å². The minimum absolute atomic E-state index is 0.816. The molecular weight excluding hydrogens is 266 g/mol.